The molecule has 0 aromatic carbocycles. The molecule has 0 bridgehead atoms. The number of hydrogen-bond acceptors (Lipinski definition) is 6. The van der Waals surface area contributed by atoms with Crippen molar-refractivity contribution in [2.75, 3.05) is 17.8 Å². The van der Waals surface area contributed by atoms with Gasteiger partial charge in [-0.2, -0.15) is 0 Å². The Labute approximate surface area is 123 Å². The number of anilines is 1. The standard InChI is InChI=1S/C12H19FN4O3S/c1-8(2)20-10-3-11(7-14-6-10)21(18,19)17-12-15-4-9(13)5-16-12/h4-5,8,10-11,14H,3,6-7H2,1-2H3,(H,15,16,17). The van der Waals surface area contributed by atoms with Gasteiger partial charge in [0.05, 0.1) is 29.9 Å². The van der Waals surface area contributed by atoms with Crippen LogP contribution in [-0.4, -0.2) is 48.9 Å². The maximum atomic E-state index is 12.7. The highest BCUT2D eigenvalue weighted by Crippen LogP contribution is 2.17. The molecule has 9 heteroatoms. The number of ether oxygens (including phenoxy) is 1. The predicted octanol–water partition coefficient (Wildman–Crippen LogP) is 0.513. The molecule has 2 atom stereocenters. The first-order valence-corrected chi connectivity index (χ1v) is 8.27. The van der Waals surface area contributed by atoms with E-state index in [0.29, 0.717) is 19.5 Å². The van der Waals surface area contributed by atoms with Gasteiger partial charge in [0.2, 0.25) is 16.0 Å². The quantitative estimate of drug-likeness (QED) is 0.822. The number of sulfonamides is 1. The molecule has 7 nitrogen and oxygen atoms in total. The van der Waals surface area contributed by atoms with Crippen molar-refractivity contribution < 1.29 is 17.5 Å². The molecule has 0 amide bonds. The normalized spacial score (nSPS) is 23.2. The van der Waals surface area contributed by atoms with E-state index in [1.54, 1.807) is 0 Å². The van der Waals surface area contributed by atoms with Crippen LogP contribution in [-0.2, 0) is 14.8 Å². The molecule has 1 aliphatic rings. The average molecular weight is 318 g/mol. The molecule has 2 rings (SSSR count). The van der Waals surface area contributed by atoms with E-state index in [2.05, 4.69) is 20.0 Å². The number of hydrogen-bond donors (Lipinski definition) is 2. The Bertz CT molecular complexity index is 564. The van der Waals surface area contributed by atoms with E-state index < -0.39 is 21.1 Å². The molecule has 0 aliphatic carbocycles. The first kappa shape index (κ1) is 16.1. The molecule has 0 saturated carbocycles. The minimum Gasteiger partial charge on any atom is -0.374 e. The van der Waals surface area contributed by atoms with Gasteiger partial charge in [-0.05, 0) is 20.3 Å². The smallest absolute Gasteiger partial charge is 0.239 e. The predicted molar refractivity (Wildman–Crippen MR) is 75.8 cm³/mol. The third kappa shape index (κ3) is 4.58. The van der Waals surface area contributed by atoms with Gasteiger partial charge < -0.3 is 10.1 Å². The molecule has 0 spiro atoms. The number of halogens is 1. The Morgan fingerprint density at radius 2 is 2.05 bits per heavy atom. The van der Waals surface area contributed by atoms with Crippen LogP contribution in [0.5, 0.6) is 0 Å². The van der Waals surface area contributed by atoms with Crippen molar-refractivity contribution in [2.45, 2.75) is 37.7 Å². The first-order chi connectivity index (χ1) is 9.87. The summed E-state index contributed by atoms with van der Waals surface area (Å²) in [4.78, 5) is 7.20. The van der Waals surface area contributed by atoms with E-state index in [1.165, 1.54) is 0 Å². The molecule has 21 heavy (non-hydrogen) atoms. The molecule has 1 fully saturated rings. The minimum absolute atomic E-state index is 0.0339. The fraction of sp³-hybridized carbons (Fsp3) is 0.667. The zero-order chi connectivity index (χ0) is 15.5. The molecule has 1 aliphatic heterocycles. The summed E-state index contributed by atoms with van der Waals surface area (Å²) < 4.78 is 45.2. The Morgan fingerprint density at radius 1 is 1.38 bits per heavy atom. The molecule has 1 saturated heterocycles. The third-order valence-corrected chi connectivity index (χ3v) is 4.73. The van der Waals surface area contributed by atoms with Crippen LogP contribution in [0.1, 0.15) is 20.3 Å². The highest BCUT2D eigenvalue weighted by Gasteiger charge is 2.33. The topological polar surface area (TPSA) is 93.2 Å². The second-order valence-electron chi connectivity index (χ2n) is 5.19. The van der Waals surface area contributed by atoms with Crippen LogP contribution in [0.15, 0.2) is 12.4 Å². The number of piperidine rings is 1. The first-order valence-electron chi connectivity index (χ1n) is 6.72. The second-order valence-corrected chi connectivity index (χ2v) is 7.16. The number of nitrogens with zero attached hydrogens (tertiary/aromatic N) is 2. The number of rotatable bonds is 5. The highest BCUT2D eigenvalue weighted by atomic mass is 32.2. The van der Waals surface area contributed by atoms with Gasteiger partial charge in [0, 0.05) is 13.1 Å². The van der Waals surface area contributed by atoms with Gasteiger partial charge in [-0.15, -0.1) is 0 Å². The number of nitrogens with one attached hydrogen (secondary N) is 2. The molecular weight excluding hydrogens is 299 g/mol. The Balaban J connectivity index is 2.03. The molecule has 0 radical (unpaired) electrons. The molecule has 2 heterocycles. The molecule has 2 unspecified atom stereocenters. The molecular formula is C12H19FN4O3S. The summed E-state index contributed by atoms with van der Waals surface area (Å²) in [5.41, 5.74) is 0. The summed E-state index contributed by atoms with van der Waals surface area (Å²) in [6, 6.07) is 0. The van der Waals surface area contributed by atoms with Crippen LogP contribution in [0, 0.1) is 5.82 Å². The van der Waals surface area contributed by atoms with Crippen molar-refractivity contribution in [3.63, 3.8) is 0 Å². The van der Waals surface area contributed by atoms with Crippen LogP contribution in [0.25, 0.3) is 0 Å². The van der Waals surface area contributed by atoms with Gasteiger partial charge in [-0.25, -0.2) is 22.8 Å². The van der Waals surface area contributed by atoms with E-state index in [9.17, 15) is 12.8 Å². The van der Waals surface area contributed by atoms with Gasteiger partial charge >= 0.3 is 0 Å². The van der Waals surface area contributed by atoms with Gasteiger partial charge in [-0.1, -0.05) is 0 Å². The monoisotopic (exact) mass is 318 g/mol. The highest BCUT2D eigenvalue weighted by molar-refractivity contribution is 7.93. The van der Waals surface area contributed by atoms with E-state index in [4.69, 9.17) is 4.74 Å². The van der Waals surface area contributed by atoms with Crippen molar-refractivity contribution >= 4 is 16.0 Å². The SMILES string of the molecule is CC(C)OC1CNCC(S(=O)(=O)Nc2ncc(F)cn2)C1. The Morgan fingerprint density at radius 3 is 2.67 bits per heavy atom. The van der Waals surface area contributed by atoms with Crippen molar-refractivity contribution in [3.05, 3.63) is 18.2 Å². The Hall–Kier alpha value is -1.32. The van der Waals surface area contributed by atoms with Gasteiger partial charge in [0.25, 0.3) is 0 Å². The van der Waals surface area contributed by atoms with E-state index in [-0.39, 0.29) is 18.2 Å². The van der Waals surface area contributed by atoms with E-state index >= 15 is 0 Å². The molecule has 118 valence electrons. The van der Waals surface area contributed by atoms with Crippen LogP contribution in [0.4, 0.5) is 10.3 Å². The van der Waals surface area contributed by atoms with Crippen LogP contribution >= 0.6 is 0 Å². The zero-order valence-electron chi connectivity index (χ0n) is 11.9. The molecule has 1 aromatic heterocycles. The van der Waals surface area contributed by atoms with E-state index in [0.717, 1.165) is 12.4 Å². The largest absolute Gasteiger partial charge is 0.374 e. The van der Waals surface area contributed by atoms with Crippen LogP contribution < -0.4 is 10.0 Å². The molecule has 1 aromatic rings. The van der Waals surface area contributed by atoms with Gasteiger partial charge in [-0.3, -0.25) is 4.72 Å². The zero-order valence-corrected chi connectivity index (χ0v) is 12.7. The van der Waals surface area contributed by atoms with E-state index in [1.807, 2.05) is 13.8 Å². The maximum absolute atomic E-state index is 12.7. The van der Waals surface area contributed by atoms with Crippen LogP contribution in [0.3, 0.4) is 0 Å². The summed E-state index contributed by atoms with van der Waals surface area (Å²) in [6.45, 7) is 4.76. The van der Waals surface area contributed by atoms with Gasteiger partial charge in [0.1, 0.15) is 0 Å². The minimum atomic E-state index is -3.66. The molecule has 2 N–H and O–H groups in total. The van der Waals surface area contributed by atoms with Crippen molar-refractivity contribution in [1.82, 2.24) is 15.3 Å². The second kappa shape index (κ2) is 6.63. The van der Waals surface area contributed by atoms with Crippen molar-refractivity contribution in [2.24, 2.45) is 0 Å². The maximum Gasteiger partial charge on any atom is 0.239 e. The lowest BCUT2D eigenvalue weighted by Gasteiger charge is -2.30. The fourth-order valence-corrected chi connectivity index (χ4v) is 3.50. The fourth-order valence-electron chi connectivity index (χ4n) is 2.17. The Kier molecular flexibility index (Phi) is 5.07. The lowest BCUT2D eigenvalue weighted by atomic mass is 10.1. The summed E-state index contributed by atoms with van der Waals surface area (Å²) in [6.07, 6.45) is 2.09. The van der Waals surface area contributed by atoms with Crippen molar-refractivity contribution in [3.8, 4) is 0 Å². The lowest BCUT2D eigenvalue weighted by molar-refractivity contribution is -0.00351. The summed E-state index contributed by atoms with van der Waals surface area (Å²) in [7, 11) is -3.66. The average Bonchev–Trinajstić information content (AvgIpc) is 2.41. The summed E-state index contributed by atoms with van der Waals surface area (Å²) in [5, 5.41) is 2.40. The summed E-state index contributed by atoms with van der Waals surface area (Å²) in [5.74, 6) is -0.758. The lowest BCUT2D eigenvalue weighted by Crippen LogP contribution is -2.49. The van der Waals surface area contributed by atoms with Crippen LogP contribution in [0.2, 0.25) is 0 Å². The van der Waals surface area contributed by atoms with Gasteiger partial charge in [0.15, 0.2) is 5.82 Å². The number of aromatic nitrogens is 2. The third-order valence-electron chi connectivity index (χ3n) is 3.03. The summed E-state index contributed by atoms with van der Waals surface area (Å²) >= 11 is 0. The van der Waals surface area contributed by atoms with Crippen molar-refractivity contribution in [1.29, 1.82) is 0 Å².